The Morgan fingerprint density at radius 3 is 2.58 bits per heavy atom. The molecular weight excluding hydrogens is 277 g/mol. The van der Waals surface area contributed by atoms with Crippen molar-refractivity contribution in [3.8, 4) is 11.1 Å². The van der Waals surface area contributed by atoms with E-state index in [0.717, 1.165) is 18.4 Å². The summed E-state index contributed by atoms with van der Waals surface area (Å²) in [6.45, 7) is 0. The Labute approximate surface area is 123 Å². The third-order valence-corrected chi connectivity index (χ3v) is 4.68. The van der Waals surface area contributed by atoms with Gasteiger partial charge >= 0.3 is 0 Å². The average molecular weight is 292 g/mol. The SMILES string of the molecule is CNC1CCc2c(-c3cccc(Cl)c3Cl)cccc21. The molecule has 0 aliphatic heterocycles. The Morgan fingerprint density at radius 1 is 1.05 bits per heavy atom. The molecule has 1 aliphatic carbocycles. The van der Waals surface area contributed by atoms with Crippen molar-refractivity contribution in [1.82, 2.24) is 5.32 Å². The first kappa shape index (κ1) is 13.0. The standard InChI is InChI=1S/C16H15Cl2N/c1-19-15-9-8-11-10(4-2-5-12(11)15)13-6-3-7-14(17)16(13)18/h2-7,15,19H,8-9H2,1H3. The van der Waals surface area contributed by atoms with Crippen molar-refractivity contribution in [3.05, 3.63) is 57.6 Å². The Kier molecular flexibility index (Phi) is 3.53. The topological polar surface area (TPSA) is 12.0 Å². The lowest BCUT2D eigenvalue weighted by Crippen LogP contribution is -2.12. The van der Waals surface area contributed by atoms with Crippen LogP contribution < -0.4 is 5.32 Å². The maximum Gasteiger partial charge on any atom is 0.0670 e. The van der Waals surface area contributed by atoms with Gasteiger partial charge in [0, 0.05) is 11.6 Å². The minimum Gasteiger partial charge on any atom is -0.313 e. The Bertz CT molecular complexity index is 622. The fourth-order valence-corrected chi connectivity index (χ4v) is 3.32. The lowest BCUT2D eigenvalue weighted by Gasteiger charge is -2.13. The lowest BCUT2D eigenvalue weighted by molar-refractivity contribution is 0.590. The molecule has 1 nitrogen and oxygen atoms in total. The van der Waals surface area contributed by atoms with Crippen molar-refractivity contribution >= 4 is 23.2 Å². The molecule has 1 unspecified atom stereocenters. The van der Waals surface area contributed by atoms with Crippen LogP contribution in [0.2, 0.25) is 10.0 Å². The first-order chi connectivity index (χ1) is 9.22. The largest absolute Gasteiger partial charge is 0.313 e. The second-order valence-corrected chi connectivity index (χ2v) is 5.64. The summed E-state index contributed by atoms with van der Waals surface area (Å²) >= 11 is 12.5. The zero-order chi connectivity index (χ0) is 13.4. The van der Waals surface area contributed by atoms with Gasteiger partial charge in [0.25, 0.3) is 0 Å². The summed E-state index contributed by atoms with van der Waals surface area (Å²) in [7, 11) is 2.01. The predicted molar refractivity (Wildman–Crippen MR) is 82.0 cm³/mol. The summed E-state index contributed by atoms with van der Waals surface area (Å²) in [5, 5.41) is 4.62. The molecular formula is C16H15Cl2N. The number of nitrogens with one attached hydrogen (secondary N) is 1. The summed E-state index contributed by atoms with van der Waals surface area (Å²) in [5.41, 5.74) is 5.02. The molecule has 0 amide bonds. The van der Waals surface area contributed by atoms with Crippen molar-refractivity contribution in [1.29, 1.82) is 0 Å². The van der Waals surface area contributed by atoms with E-state index in [4.69, 9.17) is 23.2 Å². The van der Waals surface area contributed by atoms with E-state index in [1.54, 1.807) is 0 Å². The molecule has 0 aromatic heterocycles. The van der Waals surface area contributed by atoms with Crippen LogP contribution >= 0.6 is 23.2 Å². The van der Waals surface area contributed by atoms with E-state index >= 15 is 0 Å². The number of rotatable bonds is 2. The summed E-state index contributed by atoms with van der Waals surface area (Å²) in [6.07, 6.45) is 2.22. The quantitative estimate of drug-likeness (QED) is 0.833. The predicted octanol–water partition coefficient (Wildman–Crippen LogP) is 4.87. The molecule has 1 N–H and O–H groups in total. The molecule has 0 radical (unpaired) electrons. The molecule has 0 heterocycles. The maximum atomic E-state index is 6.35. The molecule has 1 aliphatic rings. The van der Waals surface area contributed by atoms with Crippen LogP contribution in [-0.2, 0) is 6.42 Å². The second-order valence-electron chi connectivity index (χ2n) is 4.85. The number of benzene rings is 2. The van der Waals surface area contributed by atoms with Crippen LogP contribution in [0.5, 0.6) is 0 Å². The molecule has 3 rings (SSSR count). The van der Waals surface area contributed by atoms with Gasteiger partial charge in [0.05, 0.1) is 10.0 Å². The van der Waals surface area contributed by atoms with Gasteiger partial charge in [-0.25, -0.2) is 0 Å². The molecule has 2 aromatic carbocycles. The summed E-state index contributed by atoms with van der Waals surface area (Å²) < 4.78 is 0. The van der Waals surface area contributed by atoms with Gasteiger partial charge in [0.1, 0.15) is 0 Å². The van der Waals surface area contributed by atoms with Crippen molar-refractivity contribution in [3.63, 3.8) is 0 Å². The first-order valence-electron chi connectivity index (χ1n) is 6.46. The maximum absolute atomic E-state index is 6.35. The Balaban J connectivity index is 2.17. The number of hydrogen-bond acceptors (Lipinski definition) is 1. The van der Waals surface area contributed by atoms with Crippen LogP contribution in [-0.4, -0.2) is 7.05 Å². The van der Waals surface area contributed by atoms with Crippen LogP contribution in [0.25, 0.3) is 11.1 Å². The molecule has 0 bridgehead atoms. The van der Waals surface area contributed by atoms with Gasteiger partial charge in [-0.1, -0.05) is 53.5 Å². The summed E-state index contributed by atoms with van der Waals surface area (Å²) in [6, 6.07) is 12.7. The molecule has 1 atom stereocenters. The number of fused-ring (bicyclic) bond motifs is 1. The van der Waals surface area contributed by atoms with Gasteiger partial charge in [0.2, 0.25) is 0 Å². The van der Waals surface area contributed by atoms with E-state index in [1.807, 2.05) is 25.2 Å². The summed E-state index contributed by atoms with van der Waals surface area (Å²) in [5.74, 6) is 0. The molecule has 0 saturated heterocycles. The molecule has 3 heteroatoms. The smallest absolute Gasteiger partial charge is 0.0670 e. The van der Waals surface area contributed by atoms with Crippen LogP contribution in [0.3, 0.4) is 0 Å². The molecule has 19 heavy (non-hydrogen) atoms. The fraction of sp³-hybridized carbons (Fsp3) is 0.250. The monoisotopic (exact) mass is 291 g/mol. The zero-order valence-corrected chi connectivity index (χ0v) is 12.2. The molecule has 0 fully saturated rings. The van der Waals surface area contributed by atoms with Crippen LogP contribution in [0.1, 0.15) is 23.6 Å². The van der Waals surface area contributed by atoms with Crippen molar-refractivity contribution in [2.75, 3.05) is 7.05 Å². The highest BCUT2D eigenvalue weighted by Gasteiger charge is 2.24. The minimum absolute atomic E-state index is 0.452. The fourth-order valence-electron chi connectivity index (χ4n) is 2.92. The van der Waals surface area contributed by atoms with E-state index < -0.39 is 0 Å². The number of halogens is 2. The third kappa shape index (κ3) is 2.16. The Hall–Kier alpha value is -1.02. The van der Waals surface area contributed by atoms with Crippen molar-refractivity contribution < 1.29 is 0 Å². The molecule has 0 spiro atoms. The van der Waals surface area contributed by atoms with Crippen LogP contribution in [0.4, 0.5) is 0 Å². The van der Waals surface area contributed by atoms with Gasteiger partial charge in [0.15, 0.2) is 0 Å². The summed E-state index contributed by atoms with van der Waals surface area (Å²) in [4.78, 5) is 0. The average Bonchev–Trinajstić information content (AvgIpc) is 2.85. The van der Waals surface area contributed by atoms with Gasteiger partial charge in [-0.15, -0.1) is 0 Å². The second kappa shape index (κ2) is 5.16. The highest BCUT2D eigenvalue weighted by molar-refractivity contribution is 6.43. The molecule has 0 saturated carbocycles. The van der Waals surface area contributed by atoms with E-state index in [-0.39, 0.29) is 0 Å². The van der Waals surface area contributed by atoms with Crippen LogP contribution in [0.15, 0.2) is 36.4 Å². The van der Waals surface area contributed by atoms with Gasteiger partial charge in [-0.3, -0.25) is 0 Å². The van der Waals surface area contributed by atoms with E-state index in [1.165, 1.54) is 16.7 Å². The zero-order valence-electron chi connectivity index (χ0n) is 10.7. The van der Waals surface area contributed by atoms with Gasteiger partial charge < -0.3 is 5.32 Å². The van der Waals surface area contributed by atoms with E-state index in [9.17, 15) is 0 Å². The number of hydrogen-bond donors (Lipinski definition) is 1. The molecule has 2 aromatic rings. The highest BCUT2D eigenvalue weighted by Crippen LogP contribution is 2.41. The highest BCUT2D eigenvalue weighted by atomic mass is 35.5. The lowest BCUT2D eigenvalue weighted by atomic mass is 9.96. The molecule has 98 valence electrons. The minimum atomic E-state index is 0.452. The Morgan fingerprint density at radius 2 is 1.79 bits per heavy atom. The third-order valence-electron chi connectivity index (χ3n) is 3.86. The normalized spacial score (nSPS) is 17.5. The van der Waals surface area contributed by atoms with E-state index in [2.05, 4.69) is 23.5 Å². The van der Waals surface area contributed by atoms with Crippen molar-refractivity contribution in [2.45, 2.75) is 18.9 Å². The van der Waals surface area contributed by atoms with Gasteiger partial charge in [-0.05, 0) is 42.6 Å². The first-order valence-corrected chi connectivity index (χ1v) is 7.21. The van der Waals surface area contributed by atoms with E-state index in [0.29, 0.717) is 16.1 Å². The van der Waals surface area contributed by atoms with Gasteiger partial charge in [-0.2, -0.15) is 0 Å². The van der Waals surface area contributed by atoms with Crippen molar-refractivity contribution in [2.24, 2.45) is 0 Å². The van der Waals surface area contributed by atoms with Crippen LogP contribution in [0, 0.1) is 0 Å².